The SMILES string of the molecule is CC1(NCc2ccc3c(c2)CCN3)CC1. The van der Waals surface area contributed by atoms with Gasteiger partial charge in [0.15, 0.2) is 0 Å². The van der Waals surface area contributed by atoms with Crippen LogP contribution in [-0.4, -0.2) is 12.1 Å². The van der Waals surface area contributed by atoms with E-state index in [-0.39, 0.29) is 0 Å². The summed E-state index contributed by atoms with van der Waals surface area (Å²) in [6.07, 6.45) is 3.85. The third-order valence-electron chi connectivity index (χ3n) is 3.60. The molecule has 1 heterocycles. The topological polar surface area (TPSA) is 24.1 Å². The Bertz CT molecular complexity index is 380. The standard InChI is InChI=1S/C13H18N2/c1-13(5-6-13)15-9-10-2-3-12-11(8-10)4-7-14-12/h2-3,8,14-15H,4-7,9H2,1H3. The molecular formula is C13H18N2. The summed E-state index contributed by atoms with van der Waals surface area (Å²) in [4.78, 5) is 0. The summed E-state index contributed by atoms with van der Waals surface area (Å²) in [6.45, 7) is 4.43. The van der Waals surface area contributed by atoms with Gasteiger partial charge in [0.25, 0.3) is 0 Å². The summed E-state index contributed by atoms with van der Waals surface area (Å²) in [6, 6.07) is 6.79. The highest BCUT2D eigenvalue weighted by Gasteiger charge is 2.36. The van der Waals surface area contributed by atoms with Gasteiger partial charge in [-0.1, -0.05) is 12.1 Å². The zero-order chi connectivity index (χ0) is 10.3. The molecule has 1 aromatic rings. The lowest BCUT2D eigenvalue weighted by Crippen LogP contribution is -2.26. The van der Waals surface area contributed by atoms with Crippen LogP contribution in [0.1, 0.15) is 30.9 Å². The second kappa shape index (κ2) is 3.24. The average molecular weight is 202 g/mol. The van der Waals surface area contributed by atoms with Crippen molar-refractivity contribution in [3.63, 3.8) is 0 Å². The smallest absolute Gasteiger partial charge is 0.0373 e. The van der Waals surface area contributed by atoms with Crippen molar-refractivity contribution in [3.8, 4) is 0 Å². The Morgan fingerprint density at radius 1 is 1.40 bits per heavy atom. The largest absolute Gasteiger partial charge is 0.384 e. The summed E-state index contributed by atoms with van der Waals surface area (Å²) in [5.74, 6) is 0. The molecule has 1 aliphatic carbocycles. The fourth-order valence-electron chi connectivity index (χ4n) is 2.15. The summed E-state index contributed by atoms with van der Waals surface area (Å²) < 4.78 is 0. The molecule has 0 unspecified atom stereocenters. The van der Waals surface area contributed by atoms with Gasteiger partial charge in [-0.3, -0.25) is 0 Å². The van der Waals surface area contributed by atoms with Crippen LogP contribution in [0, 0.1) is 0 Å². The maximum Gasteiger partial charge on any atom is 0.0373 e. The molecule has 15 heavy (non-hydrogen) atoms. The molecule has 2 nitrogen and oxygen atoms in total. The van der Waals surface area contributed by atoms with Gasteiger partial charge in [0.2, 0.25) is 0 Å². The van der Waals surface area contributed by atoms with Crippen LogP contribution in [0.3, 0.4) is 0 Å². The number of nitrogens with one attached hydrogen (secondary N) is 2. The second-order valence-electron chi connectivity index (χ2n) is 5.08. The molecule has 1 aromatic carbocycles. The maximum absolute atomic E-state index is 3.62. The average Bonchev–Trinajstić information content (AvgIpc) is 2.80. The fraction of sp³-hybridized carbons (Fsp3) is 0.538. The van der Waals surface area contributed by atoms with Crippen molar-refractivity contribution in [1.82, 2.24) is 5.32 Å². The predicted octanol–water partition coefficient (Wildman–Crippen LogP) is 2.30. The van der Waals surface area contributed by atoms with Crippen LogP contribution >= 0.6 is 0 Å². The van der Waals surface area contributed by atoms with Crippen molar-refractivity contribution in [2.45, 2.75) is 38.3 Å². The van der Waals surface area contributed by atoms with Crippen molar-refractivity contribution in [3.05, 3.63) is 29.3 Å². The summed E-state index contributed by atoms with van der Waals surface area (Å²) in [7, 11) is 0. The molecule has 0 bridgehead atoms. The van der Waals surface area contributed by atoms with Gasteiger partial charge in [0.05, 0.1) is 0 Å². The highest BCUT2D eigenvalue weighted by Crippen LogP contribution is 2.34. The Morgan fingerprint density at radius 2 is 2.27 bits per heavy atom. The van der Waals surface area contributed by atoms with Gasteiger partial charge in [0, 0.05) is 24.3 Å². The number of benzene rings is 1. The van der Waals surface area contributed by atoms with E-state index in [0.717, 1.165) is 13.1 Å². The molecule has 1 saturated carbocycles. The minimum absolute atomic E-state index is 0.442. The Morgan fingerprint density at radius 3 is 3.07 bits per heavy atom. The summed E-state index contributed by atoms with van der Waals surface area (Å²) in [5.41, 5.74) is 4.68. The van der Waals surface area contributed by atoms with E-state index in [1.54, 1.807) is 0 Å². The fourth-order valence-corrected chi connectivity index (χ4v) is 2.15. The lowest BCUT2D eigenvalue weighted by molar-refractivity contribution is 0.537. The van der Waals surface area contributed by atoms with E-state index in [0.29, 0.717) is 5.54 Å². The van der Waals surface area contributed by atoms with Gasteiger partial charge in [-0.2, -0.15) is 0 Å². The van der Waals surface area contributed by atoms with E-state index >= 15 is 0 Å². The molecule has 0 spiro atoms. The first-order chi connectivity index (χ1) is 7.25. The summed E-state index contributed by atoms with van der Waals surface area (Å²) >= 11 is 0. The molecule has 2 N–H and O–H groups in total. The molecule has 80 valence electrons. The Kier molecular flexibility index (Phi) is 1.99. The molecule has 0 atom stereocenters. The van der Waals surface area contributed by atoms with Crippen LogP contribution in [0.5, 0.6) is 0 Å². The van der Waals surface area contributed by atoms with Crippen LogP contribution in [0.4, 0.5) is 5.69 Å². The molecule has 3 rings (SSSR count). The van der Waals surface area contributed by atoms with Crippen molar-refractivity contribution in [2.75, 3.05) is 11.9 Å². The number of rotatable bonds is 3. The van der Waals surface area contributed by atoms with E-state index < -0.39 is 0 Å². The molecule has 0 amide bonds. The number of fused-ring (bicyclic) bond motifs is 1. The molecule has 0 saturated heterocycles. The van der Waals surface area contributed by atoms with Crippen molar-refractivity contribution in [1.29, 1.82) is 0 Å². The molecular weight excluding hydrogens is 184 g/mol. The third-order valence-corrected chi connectivity index (χ3v) is 3.60. The first-order valence-electron chi connectivity index (χ1n) is 5.86. The lowest BCUT2D eigenvalue weighted by Gasteiger charge is -2.11. The maximum atomic E-state index is 3.62. The Hall–Kier alpha value is -1.02. The first kappa shape index (κ1) is 9.22. The minimum atomic E-state index is 0.442. The van der Waals surface area contributed by atoms with E-state index in [4.69, 9.17) is 0 Å². The van der Waals surface area contributed by atoms with Gasteiger partial charge in [-0.15, -0.1) is 0 Å². The lowest BCUT2D eigenvalue weighted by atomic mass is 10.1. The van der Waals surface area contributed by atoms with E-state index in [1.165, 1.54) is 36.1 Å². The van der Waals surface area contributed by atoms with Gasteiger partial charge in [-0.05, 0) is 43.4 Å². The third kappa shape index (κ3) is 1.86. The highest BCUT2D eigenvalue weighted by molar-refractivity contribution is 5.56. The minimum Gasteiger partial charge on any atom is -0.384 e. The Labute approximate surface area is 91.1 Å². The number of hydrogen-bond acceptors (Lipinski definition) is 2. The number of hydrogen-bond donors (Lipinski definition) is 2. The van der Waals surface area contributed by atoms with E-state index in [2.05, 4.69) is 35.8 Å². The molecule has 0 radical (unpaired) electrons. The van der Waals surface area contributed by atoms with Crippen LogP contribution in [-0.2, 0) is 13.0 Å². The highest BCUT2D eigenvalue weighted by atomic mass is 15.0. The molecule has 2 aliphatic rings. The van der Waals surface area contributed by atoms with Gasteiger partial charge >= 0.3 is 0 Å². The number of anilines is 1. The normalized spacial score (nSPS) is 20.9. The monoisotopic (exact) mass is 202 g/mol. The van der Waals surface area contributed by atoms with Crippen LogP contribution < -0.4 is 10.6 Å². The quantitative estimate of drug-likeness (QED) is 0.786. The zero-order valence-corrected chi connectivity index (χ0v) is 9.27. The first-order valence-corrected chi connectivity index (χ1v) is 5.86. The molecule has 1 aliphatic heterocycles. The Balaban J connectivity index is 1.70. The van der Waals surface area contributed by atoms with Gasteiger partial charge < -0.3 is 10.6 Å². The van der Waals surface area contributed by atoms with Crippen LogP contribution in [0.2, 0.25) is 0 Å². The van der Waals surface area contributed by atoms with Crippen molar-refractivity contribution in [2.24, 2.45) is 0 Å². The molecule has 0 aromatic heterocycles. The van der Waals surface area contributed by atoms with Gasteiger partial charge in [0.1, 0.15) is 0 Å². The van der Waals surface area contributed by atoms with Crippen LogP contribution in [0.25, 0.3) is 0 Å². The predicted molar refractivity (Wildman–Crippen MR) is 63.1 cm³/mol. The second-order valence-corrected chi connectivity index (χ2v) is 5.08. The van der Waals surface area contributed by atoms with E-state index in [9.17, 15) is 0 Å². The van der Waals surface area contributed by atoms with Crippen molar-refractivity contribution < 1.29 is 0 Å². The van der Waals surface area contributed by atoms with Crippen LogP contribution in [0.15, 0.2) is 18.2 Å². The zero-order valence-electron chi connectivity index (χ0n) is 9.27. The van der Waals surface area contributed by atoms with Gasteiger partial charge in [-0.25, -0.2) is 0 Å². The molecule has 1 fully saturated rings. The summed E-state index contributed by atoms with van der Waals surface area (Å²) in [5, 5.41) is 7.01. The van der Waals surface area contributed by atoms with Crippen molar-refractivity contribution >= 4 is 5.69 Å². The molecule has 2 heteroatoms. The van der Waals surface area contributed by atoms with E-state index in [1.807, 2.05) is 0 Å².